The smallest absolute Gasteiger partial charge is 0.231 e. The van der Waals surface area contributed by atoms with E-state index in [0.29, 0.717) is 13.3 Å². The first-order valence-electron chi connectivity index (χ1n) is 9.79. The van der Waals surface area contributed by atoms with Crippen LogP contribution in [0.2, 0.25) is 0 Å². The summed E-state index contributed by atoms with van der Waals surface area (Å²) in [6, 6.07) is 6.33. The van der Waals surface area contributed by atoms with Gasteiger partial charge in [-0.05, 0) is 55.8 Å². The topological polar surface area (TPSA) is 59.8 Å². The van der Waals surface area contributed by atoms with Crippen molar-refractivity contribution >= 4 is 0 Å². The van der Waals surface area contributed by atoms with Gasteiger partial charge in [-0.25, -0.2) is 0 Å². The molecule has 1 fully saturated rings. The molecule has 4 rings (SSSR count). The maximum Gasteiger partial charge on any atom is 0.231 e. The van der Waals surface area contributed by atoms with Gasteiger partial charge in [-0.2, -0.15) is 5.10 Å². The number of benzene rings is 1. The molecule has 0 unspecified atom stereocenters. The number of fused-ring (bicyclic) bond motifs is 1. The highest BCUT2D eigenvalue weighted by Gasteiger charge is 2.32. The van der Waals surface area contributed by atoms with Crippen LogP contribution in [0.15, 0.2) is 24.4 Å². The van der Waals surface area contributed by atoms with E-state index in [-0.39, 0.29) is 12.0 Å². The monoisotopic (exact) mass is 371 g/mol. The molecule has 146 valence electrons. The number of aryl methyl sites for hydroxylation is 1. The van der Waals surface area contributed by atoms with E-state index in [4.69, 9.17) is 14.6 Å². The number of nitrogens with zero attached hydrogens (tertiary/aromatic N) is 3. The van der Waals surface area contributed by atoms with Crippen molar-refractivity contribution in [1.82, 2.24) is 14.7 Å². The van der Waals surface area contributed by atoms with Crippen LogP contribution in [0.4, 0.5) is 0 Å². The molecule has 1 N–H and O–H groups in total. The minimum Gasteiger partial charge on any atom is -0.454 e. The van der Waals surface area contributed by atoms with E-state index in [1.54, 1.807) is 0 Å². The van der Waals surface area contributed by atoms with E-state index < -0.39 is 0 Å². The van der Waals surface area contributed by atoms with Crippen LogP contribution in [0.25, 0.3) is 0 Å². The van der Waals surface area contributed by atoms with Gasteiger partial charge in [-0.15, -0.1) is 0 Å². The Balaban J connectivity index is 1.42. The van der Waals surface area contributed by atoms with Crippen LogP contribution in [0.5, 0.6) is 11.5 Å². The molecular weight excluding hydrogens is 342 g/mol. The first kappa shape index (κ1) is 18.3. The minimum atomic E-state index is 0.123. The maximum atomic E-state index is 9.12. The molecule has 0 bridgehead atoms. The van der Waals surface area contributed by atoms with Gasteiger partial charge in [-0.3, -0.25) is 9.58 Å². The lowest BCUT2D eigenvalue weighted by Crippen LogP contribution is -2.42. The van der Waals surface area contributed by atoms with Gasteiger partial charge < -0.3 is 14.6 Å². The summed E-state index contributed by atoms with van der Waals surface area (Å²) in [6.07, 6.45) is 5.57. The number of piperidine rings is 1. The Kier molecular flexibility index (Phi) is 5.10. The van der Waals surface area contributed by atoms with Crippen molar-refractivity contribution in [2.24, 2.45) is 5.41 Å². The third-order valence-electron chi connectivity index (χ3n) is 5.70. The van der Waals surface area contributed by atoms with Crippen molar-refractivity contribution < 1.29 is 14.6 Å². The van der Waals surface area contributed by atoms with Crippen molar-refractivity contribution in [3.05, 3.63) is 41.2 Å². The number of aromatic nitrogens is 2. The molecule has 1 atom stereocenters. The normalized spacial score (nSPS) is 22.3. The Hall–Kier alpha value is -2.05. The summed E-state index contributed by atoms with van der Waals surface area (Å²) in [6.45, 7) is 8.58. The Labute approximate surface area is 160 Å². The molecule has 0 saturated carbocycles. The van der Waals surface area contributed by atoms with Gasteiger partial charge in [0, 0.05) is 24.8 Å². The first-order chi connectivity index (χ1) is 13.0. The van der Waals surface area contributed by atoms with Crippen LogP contribution in [-0.4, -0.2) is 46.3 Å². The second kappa shape index (κ2) is 7.52. The summed E-state index contributed by atoms with van der Waals surface area (Å²) >= 11 is 0. The van der Waals surface area contributed by atoms with Gasteiger partial charge in [0.2, 0.25) is 6.79 Å². The molecule has 2 aromatic rings. The average molecular weight is 371 g/mol. The summed E-state index contributed by atoms with van der Waals surface area (Å²) in [5, 5.41) is 13.6. The van der Waals surface area contributed by atoms with Gasteiger partial charge in [-0.1, -0.05) is 13.0 Å². The molecule has 0 aliphatic carbocycles. The van der Waals surface area contributed by atoms with Crippen molar-refractivity contribution in [1.29, 1.82) is 0 Å². The zero-order valence-corrected chi connectivity index (χ0v) is 16.3. The number of likely N-dealkylation sites (tertiary alicyclic amines) is 1. The molecule has 3 heterocycles. The number of aliphatic hydroxyl groups is 1. The third-order valence-corrected chi connectivity index (χ3v) is 5.70. The minimum absolute atomic E-state index is 0.123. The van der Waals surface area contributed by atoms with Gasteiger partial charge >= 0.3 is 0 Å². The Morgan fingerprint density at radius 1 is 1.26 bits per heavy atom. The fourth-order valence-corrected chi connectivity index (χ4v) is 4.42. The lowest BCUT2D eigenvalue weighted by Gasteiger charge is -2.40. The summed E-state index contributed by atoms with van der Waals surface area (Å²) in [7, 11) is 0. The molecule has 1 aromatic carbocycles. The molecule has 2 aliphatic heterocycles. The lowest BCUT2D eigenvalue weighted by atomic mass is 9.77. The molecule has 1 aromatic heterocycles. The van der Waals surface area contributed by atoms with E-state index in [2.05, 4.69) is 42.2 Å². The molecule has 2 aliphatic rings. The molecule has 6 nitrogen and oxygen atoms in total. The fourth-order valence-electron chi connectivity index (χ4n) is 4.42. The van der Waals surface area contributed by atoms with Crippen molar-refractivity contribution in [2.45, 2.75) is 46.2 Å². The molecule has 1 saturated heterocycles. The van der Waals surface area contributed by atoms with Crippen LogP contribution in [0, 0.1) is 12.3 Å². The number of rotatable bonds is 6. The Bertz CT molecular complexity index is 804. The van der Waals surface area contributed by atoms with Crippen molar-refractivity contribution in [3.63, 3.8) is 0 Å². The number of hydrogen-bond acceptors (Lipinski definition) is 5. The van der Waals surface area contributed by atoms with E-state index in [0.717, 1.165) is 43.2 Å². The summed E-state index contributed by atoms with van der Waals surface area (Å²) < 4.78 is 12.8. The fraction of sp³-hybridized carbons (Fsp3) is 0.571. The zero-order valence-electron chi connectivity index (χ0n) is 16.3. The number of aliphatic hydroxyl groups excluding tert-OH is 1. The highest BCUT2D eigenvalue weighted by Crippen LogP contribution is 2.38. The molecule has 0 amide bonds. The van der Waals surface area contributed by atoms with E-state index in [1.165, 1.54) is 24.0 Å². The molecule has 0 spiro atoms. The van der Waals surface area contributed by atoms with Crippen molar-refractivity contribution in [3.8, 4) is 11.5 Å². The van der Waals surface area contributed by atoms with Crippen LogP contribution < -0.4 is 9.47 Å². The van der Waals surface area contributed by atoms with E-state index in [1.807, 2.05) is 10.7 Å². The number of ether oxygens (including phenoxy) is 2. The quantitative estimate of drug-likeness (QED) is 0.846. The summed E-state index contributed by atoms with van der Waals surface area (Å²) in [5.74, 6) is 1.72. The largest absolute Gasteiger partial charge is 0.454 e. The molecular formula is C21H29N3O3. The second-order valence-electron chi connectivity index (χ2n) is 8.22. The van der Waals surface area contributed by atoms with Crippen LogP contribution >= 0.6 is 0 Å². The van der Waals surface area contributed by atoms with Gasteiger partial charge in [0.15, 0.2) is 11.5 Å². The van der Waals surface area contributed by atoms with Crippen LogP contribution in [0.1, 0.15) is 36.6 Å². The maximum absolute atomic E-state index is 9.12. The van der Waals surface area contributed by atoms with Gasteiger partial charge in [0.1, 0.15) is 0 Å². The lowest BCUT2D eigenvalue weighted by molar-refractivity contribution is 0.0968. The highest BCUT2D eigenvalue weighted by atomic mass is 16.7. The van der Waals surface area contributed by atoms with Gasteiger partial charge in [0.25, 0.3) is 0 Å². The zero-order chi connectivity index (χ0) is 18.9. The molecule has 6 heteroatoms. The van der Waals surface area contributed by atoms with Crippen molar-refractivity contribution in [2.75, 3.05) is 26.5 Å². The Morgan fingerprint density at radius 2 is 2.11 bits per heavy atom. The SMILES string of the molecule is Cc1nn(CCO)cc1CN1CCC[C@@](C)(Cc2ccc3c(c2)OCO3)C1. The van der Waals surface area contributed by atoms with Crippen LogP contribution in [0.3, 0.4) is 0 Å². The summed E-state index contributed by atoms with van der Waals surface area (Å²) in [4.78, 5) is 2.55. The predicted molar refractivity (Wildman–Crippen MR) is 103 cm³/mol. The third kappa shape index (κ3) is 4.12. The van der Waals surface area contributed by atoms with Gasteiger partial charge in [0.05, 0.1) is 18.8 Å². The molecule has 27 heavy (non-hydrogen) atoms. The standard InChI is InChI=1S/C21H29N3O3/c1-16-18(13-24(22-16)8-9-25)12-23-7-3-6-21(2,14-23)11-17-4-5-19-20(10-17)27-15-26-19/h4-5,10,13,25H,3,6-9,11-12,14-15H2,1-2H3/t21-/m0/s1. The first-order valence-corrected chi connectivity index (χ1v) is 9.79. The Morgan fingerprint density at radius 3 is 2.96 bits per heavy atom. The van der Waals surface area contributed by atoms with E-state index in [9.17, 15) is 0 Å². The second-order valence-corrected chi connectivity index (χ2v) is 8.22. The molecule has 0 radical (unpaired) electrons. The average Bonchev–Trinajstić information content (AvgIpc) is 3.21. The summed E-state index contributed by atoms with van der Waals surface area (Å²) in [5.41, 5.74) is 3.89. The predicted octanol–water partition coefficient (Wildman–Crippen LogP) is 2.76. The van der Waals surface area contributed by atoms with E-state index >= 15 is 0 Å². The van der Waals surface area contributed by atoms with Crippen LogP contribution in [-0.2, 0) is 19.5 Å². The highest BCUT2D eigenvalue weighted by molar-refractivity contribution is 5.44. The number of hydrogen-bond donors (Lipinski definition) is 1.